The third kappa shape index (κ3) is 2.73. The average Bonchev–Trinajstić information content (AvgIpc) is 2.74. The minimum absolute atomic E-state index is 0.327. The second-order valence-electron chi connectivity index (χ2n) is 4.73. The third-order valence-electron chi connectivity index (χ3n) is 3.51. The van der Waals surface area contributed by atoms with Gasteiger partial charge in [-0.15, -0.1) is 0 Å². The number of rotatable bonds is 4. The molecule has 1 saturated carbocycles. The van der Waals surface area contributed by atoms with Gasteiger partial charge in [-0.25, -0.2) is 4.98 Å². The van der Waals surface area contributed by atoms with Gasteiger partial charge in [-0.05, 0) is 49.3 Å². The largest absolute Gasteiger partial charge is 0.396 e. The van der Waals surface area contributed by atoms with Crippen molar-refractivity contribution in [3.05, 3.63) is 23.9 Å². The molecule has 0 bridgehead atoms. The van der Waals surface area contributed by atoms with E-state index in [4.69, 9.17) is 0 Å². The molecule has 0 spiro atoms. The van der Waals surface area contributed by atoms with Crippen LogP contribution in [0.3, 0.4) is 0 Å². The van der Waals surface area contributed by atoms with E-state index in [0.717, 1.165) is 12.4 Å². The van der Waals surface area contributed by atoms with Gasteiger partial charge in [0.05, 0.1) is 0 Å². The summed E-state index contributed by atoms with van der Waals surface area (Å²) in [4.78, 5) is 4.28. The van der Waals surface area contributed by atoms with Crippen LogP contribution in [0.15, 0.2) is 18.3 Å². The van der Waals surface area contributed by atoms with Crippen molar-refractivity contribution >= 4 is 5.82 Å². The highest BCUT2D eigenvalue weighted by Crippen LogP contribution is 2.31. The lowest BCUT2D eigenvalue weighted by Crippen LogP contribution is -2.21. The van der Waals surface area contributed by atoms with Crippen molar-refractivity contribution in [3.63, 3.8) is 0 Å². The smallest absolute Gasteiger partial charge is 0.126 e. The molecule has 0 aromatic carbocycles. The van der Waals surface area contributed by atoms with Gasteiger partial charge in [-0.3, -0.25) is 0 Å². The standard InChI is InChI=1S/C13H20N2O/c1-10-5-6-14-13(7-10)15-8-11-3-2-4-12(11)9-16/h5-7,11-12,16H,2-4,8-9H2,1H3,(H,14,15). The van der Waals surface area contributed by atoms with E-state index in [2.05, 4.69) is 23.3 Å². The summed E-state index contributed by atoms with van der Waals surface area (Å²) in [5.74, 6) is 2.04. The molecule has 1 aliphatic rings. The quantitative estimate of drug-likeness (QED) is 0.817. The van der Waals surface area contributed by atoms with Crippen LogP contribution in [0.5, 0.6) is 0 Å². The first-order valence-corrected chi connectivity index (χ1v) is 6.07. The van der Waals surface area contributed by atoms with Crippen molar-refractivity contribution in [2.75, 3.05) is 18.5 Å². The van der Waals surface area contributed by atoms with Gasteiger partial charge >= 0.3 is 0 Å². The van der Waals surface area contributed by atoms with Gasteiger partial charge < -0.3 is 10.4 Å². The maximum atomic E-state index is 9.23. The average molecular weight is 220 g/mol. The fourth-order valence-corrected chi connectivity index (χ4v) is 2.49. The number of pyridine rings is 1. The molecule has 3 nitrogen and oxygen atoms in total. The molecular formula is C13H20N2O. The molecule has 1 heterocycles. The fraction of sp³-hybridized carbons (Fsp3) is 0.615. The summed E-state index contributed by atoms with van der Waals surface area (Å²) in [5, 5.41) is 12.6. The van der Waals surface area contributed by atoms with Gasteiger partial charge in [0.1, 0.15) is 5.82 Å². The van der Waals surface area contributed by atoms with E-state index in [1.807, 2.05) is 12.3 Å². The first-order chi connectivity index (χ1) is 7.79. The molecule has 1 aromatic rings. The first kappa shape index (κ1) is 11.4. The number of nitrogens with zero attached hydrogens (tertiary/aromatic N) is 1. The van der Waals surface area contributed by atoms with Crippen LogP contribution in [0.1, 0.15) is 24.8 Å². The number of aryl methyl sites for hydroxylation is 1. The highest BCUT2D eigenvalue weighted by Gasteiger charge is 2.26. The Balaban J connectivity index is 1.87. The predicted octanol–water partition coefficient (Wildman–Crippen LogP) is 2.21. The molecule has 0 aliphatic heterocycles. The number of hydrogen-bond donors (Lipinski definition) is 2. The fourth-order valence-electron chi connectivity index (χ4n) is 2.49. The highest BCUT2D eigenvalue weighted by atomic mass is 16.3. The molecule has 1 aromatic heterocycles. The first-order valence-electron chi connectivity index (χ1n) is 6.07. The molecule has 88 valence electrons. The monoisotopic (exact) mass is 220 g/mol. The van der Waals surface area contributed by atoms with Crippen LogP contribution in [-0.2, 0) is 0 Å². The predicted molar refractivity (Wildman–Crippen MR) is 65.4 cm³/mol. The Morgan fingerprint density at radius 2 is 2.25 bits per heavy atom. The minimum Gasteiger partial charge on any atom is -0.396 e. The van der Waals surface area contributed by atoms with Crippen molar-refractivity contribution in [1.29, 1.82) is 0 Å². The Morgan fingerprint density at radius 1 is 1.44 bits per heavy atom. The number of aromatic nitrogens is 1. The Hall–Kier alpha value is -1.09. The summed E-state index contributed by atoms with van der Waals surface area (Å²) >= 11 is 0. The number of nitrogens with one attached hydrogen (secondary N) is 1. The van der Waals surface area contributed by atoms with E-state index >= 15 is 0 Å². The summed E-state index contributed by atoms with van der Waals surface area (Å²) in [5.41, 5.74) is 1.22. The van der Waals surface area contributed by atoms with Crippen LogP contribution in [0.25, 0.3) is 0 Å². The van der Waals surface area contributed by atoms with E-state index in [1.54, 1.807) is 0 Å². The van der Waals surface area contributed by atoms with Crippen LogP contribution < -0.4 is 5.32 Å². The second kappa shape index (κ2) is 5.30. The summed E-state index contributed by atoms with van der Waals surface area (Å²) in [6.45, 7) is 3.33. The zero-order valence-corrected chi connectivity index (χ0v) is 9.82. The number of hydrogen-bond acceptors (Lipinski definition) is 3. The van der Waals surface area contributed by atoms with Gasteiger partial charge in [0.2, 0.25) is 0 Å². The van der Waals surface area contributed by atoms with E-state index < -0.39 is 0 Å². The molecular weight excluding hydrogens is 200 g/mol. The maximum Gasteiger partial charge on any atom is 0.126 e. The topological polar surface area (TPSA) is 45.2 Å². The zero-order valence-electron chi connectivity index (χ0n) is 9.82. The Labute approximate surface area is 96.9 Å². The van der Waals surface area contributed by atoms with Gasteiger partial charge in [-0.1, -0.05) is 6.42 Å². The maximum absolute atomic E-state index is 9.23. The van der Waals surface area contributed by atoms with Gasteiger partial charge in [-0.2, -0.15) is 0 Å². The summed E-state index contributed by atoms with van der Waals surface area (Å²) in [7, 11) is 0. The van der Waals surface area contributed by atoms with Crippen molar-refractivity contribution in [2.24, 2.45) is 11.8 Å². The SMILES string of the molecule is Cc1ccnc(NCC2CCCC2CO)c1. The van der Waals surface area contributed by atoms with Crippen molar-refractivity contribution in [2.45, 2.75) is 26.2 Å². The number of aliphatic hydroxyl groups is 1. The highest BCUT2D eigenvalue weighted by molar-refractivity contribution is 5.36. The molecule has 16 heavy (non-hydrogen) atoms. The molecule has 2 atom stereocenters. The van der Waals surface area contributed by atoms with Crippen LogP contribution in [0.4, 0.5) is 5.82 Å². The van der Waals surface area contributed by atoms with Gasteiger partial charge in [0, 0.05) is 19.3 Å². The summed E-state index contributed by atoms with van der Waals surface area (Å²) in [6, 6.07) is 4.06. The number of aliphatic hydroxyl groups excluding tert-OH is 1. The molecule has 2 N–H and O–H groups in total. The normalized spacial score (nSPS) is 24.6. The molecule has 2 unspecified atom stereocenters. The second-order valence-corrected chi connectivity index (χ2v) is 4.73. The van der Waals surface area contributed by atoms with E-state index in [-0.39, 0.29) is 0 Å². The molecule has 3 heteroatoms. The molecule has 1 fully saturated rings. The van der Waals surface area contributed by atoms with Crippen LogP contribution in [-0.4, -0.2) is 23.2 Å². The Kier molecular flexibility index (Phi) is 3.78. The lowest BCUT2D eigenvalue weighted by Gasteiger charge is -2.18. The molecule has 0 radical (unpaired) electrons. The van der Waals surface area contributed by atoms with E-state index in [1.165, 1.54) is 24.8 Å². The third-order valence-corrected chi connectivity index (χ3v) is 3.51. The Morgan fingerprint density at radius 3 is 3.00 bits per heavy atom. The Bertz CT molecular complexity index is 340. The van der Waals surface area contributed by atoms with E-state index in [9.17, 15) is 5.11 Å². The van der Waals surface area contributed by atoms with E-state index in [0.29, 0.717) is 18.4 Å². The van der Waals surface area contributed by atoms with Crippen molar-refractivity contribution < 1.29 is 5.11 Å². The molecule has 0 saturated heterocycles. The van der Waals surface area contributed by atoms with Crippen LogP contribution in [0.2, 0.25) is 0 Å². The lowest BCUT2D eigenvalue weighted by molar-refractivity contribution is 0.199. The van der Waals surface area contributed by atoms with Crippen LogP contribution >= 0.6 is 0 Å². The zero-order chi connectivity index (χ0) is 11.4. The van der Waals surface area contributed by atoms with Gasteiger partial charge in [0.15, 0.2) is 0 Å². The molecule has 0 amide bonds. The molecule has 1 aliphatic carbocycles. The van der Waals surface area contributed by atoms with Crippen molar-refractivity contribution in [3.8, 4) is 0 Å². The number of anilines is 1. The van der Waals surface area contributed by atoms with Crippen LogP contribution in [0, 0.1) is 18.8 Å². The lowest BCUT2D eigenvalue weighted by atomic mass is 9.97. The van der Waals surface area contributed by atoms with Gasteiger partial charge in [0.25, 0.3) is 0 Å². The molecule has 2 rings (SSSR count). The minimum atomic E-state index is 0.327. The summed E-state index contributed by atoms with van der Waals surface area (Å²) in [6.07, 6.45) is 5.47. The van der Waals surface area contributed by atoms with Crippen molar-refractivity contribution in [1.82, 2.24) is 4.98 Å². The summed E-state index contributed by atoms with van der Waals surface area (Å²) < 4.78 is 0.